The minimum atomic E-state index is -0.505. The second-order valence-electron chi connectivity index (χ2n) is 5.09. The van der Waals surface area contributed by atoms with Gasteiger partial charge in [0, 0.05) is 38.3 Å². The van der Waals surface area contributed by atoms with Crippen molar-refractivity contribution in [2.75, 3.05) is 38.6 Å². The maximum Gasteiger partial charge on any atom is 0.271 e. The monoisotopic (exact) mass is 308 g/mol. The van der Waals surface area contributed by atoms with Gasteiger partial charge in [-0.05, 0) is 13.0 Å². The van der Waals surface area contributed by atoms with Crippen molar-refractivity contribution in [1.29, 1.82) is 0 Å². The van der Waals surface area contributed by atoms with Crippen LogP contribution in [-0.2, 0) is 4.79 Å². The van der Waals surface area contributed by atoms with E-state index in [2.05, 4.69) is 15.5 Å². The molecule has 8 heteroatoms. The summed E-state index contributed by atoms with van der Waals surface area (Å²) in [6.07, 6.45) is 0. The molecule has 0 spiro atoms. The molecule has 0 radical (unpaired) electrons. The van der Waals surface area contributed by atoms with Crippen LogP contribution in [0, 0.1) is 10.1 Å². The molecule has 1 saturated heterocycles. The Hall–Kier alpha value is -2.19. The maximum atomic E-state index is 12.4. The van der Waals surface area contributed by atoms with Crippen molar-refractivity contribution in [3.63, 3.8) is 0 Å². The number of non-ortho nitro benzene ring substituents is 1. The number of carbonyl (C=O) groups excluding carboxylic acids is 1. The Morgan fingerprint density at radius 3 is 2.73 bits per heavy atom. The highest BCUT2D eigenvalue weighted by Crippen LogP contribution is 2.29. The van der Waals surface area contributed by atoms with E-state index in [0.29, 0.717) is 11.4 Å². The zero-order valence-electron chi connectivity index (χ0n) is 12.7. The van der Waals surface area contributed by atoms with Gasteiger partial charge in [-0.25, -0.2) is 0 Å². The number of nitrogens with zero attached hydrogens (tertiary/aromatic N) is 2. The van der Waals surface area contributed by atoms with Crippen LogP contribution in [0.25, 0.3) is 0 Å². The second kappa shape index (κ2) is 7.19. The van der Waals surface area contributed by atoms with E-state index in [9.17, 15) is 14.9 Å². The molecule has 1 aromatic carbocycles. The van der Waals surface area contributed by atoms with Crippen LogP contribution in [0.5, 0.6) is 5.75 Å². The lowest BCUT2D eigenvalue weighted by atomic mass is 10.2. The molecule has 2 N–H and O–H groups in total. The van der Waals surface area contributed by atoms with Crippen molar-refractivity contribution in [2.45, 2.75) is 13.0 Å². The van der Waals surface area contributed by atoms with Crippen molar-refractivity contribution in [3.05, 3.63) is 28.3 Å². The van der Waals surface area contributed by atoms with Gasteiger partial charge in [-0.15, -0.1) is 0 Å². The molecular formula is C14H20N4O4. The summed E-state index contributed by atoms with van der Waals surface area (Å²) in [5, 5.41) is 16.8. The zero-order chi connectivity index (χ0) is 16.1. The number of rotatable bonds is 5. The molecule has 120 valence electrons. The van der Waals surface area contributed by atoms with Gasteiger partial charge in [0.1, 0.15) is 5.75 Å². The molecule has 1 fully saturated rings. The summed E-state index contributed by atoms with van der Waals surface area (Å²) in [6.45, 7) is 5.10. The number of nitrogens with one attached hydrogen (secondary N) is 2. The quantitative estimate of drug-likeness (QED) is 0.618. The fourth-order valence-electron chi connectivity index (χ4n) is 2.38. The number of amides is 1. The third-order valence-electron chi connectivity index (χ3n) is 3.73. The lowest BCUT2D eigenvalue weighted by molar-refractivity contribution is -0.384. The van der Waals surface area contributed by atoms with Gasteiger partial charge in [-0.1, -0.05) is 0 Å². The van der Waals surface area contributed by atoms with Crippen LogP contribution in [0.3, 0.4) is 0 Å². The number of anilines is 1. The van der Waals surface area contributed by atoms with E-state index in [-0.39, 0.29) is 17.6 Å². The van der Waals surface area contributed by atoms with Gasteiger partial charge in [0.25, 0.3) is 5.69 Å². The third-order valence-corrected chi connectivity index (χ3v) is 3.73. The van der Waals surface area contributed by atoms with Crippen LogP contribution in [0.1, 0.15) is 6.92 Å². The van der Waals surface area contributed by atoms with Gasteiger partial charge in [0.2, 0.25) is 5.91 Å². The highest BCUT2D eigenvalue weighted by atomic mass is 16.6. The predicted octanol–water partition coefficient (Wildman–Crippen LogP) is 0.836. The number of nitro groups is 1. The summed E-state index contributed by atoms with van der Waals surface area (Å²) in [6, 6.07) is 3.81. The smallest absolute Gasteiger partial charge is 0.271 e. The van der Waals surface area contributed by atoms with Gasteiger partial charge in [0.05, 0.1) is 23.8 Å². The molecule has 0 saturated carbocycles. The first-order chi connectivity index (χ1) is 10.5. The molecule has 1 unspecified atom stereocenters. The molecule has 0 aromatic heterocycles. The van der Waals surface area contributed by atoms with E-state index in [0.717, 1.165) is 26.2 Å². The summed E-state index contributed by atoms with van der Waals surface area (Å²) in [5.41, 5.74) is 0.217. The number of ether oxygens (including phenoxy) is 1. The Bertz CT molecular complexity index is 558. The summed E-state index contributed by atoms with van der Waals surface area (Å²) in [5.74, 6) is 0.187. The highest BCUT2D eigenvalue weighted by Gasteiger charge is 2.24. The maximum absolute atomic E-state index is 12.4. The molecule has 1 aliphatic heterocycles. The third kappa shape index (κ3) is 3.71. The topological polar surface area (TPSA) is 96.7 Å². The fraction of sp³-hybridized carbons (Fsp3) is 0.500. The molecular weight excluding hydrogens is 288 g/mol. The Kier molecular flexibility index (Phi) is 5.29. The molecule has 8 nitrogen and oxygen atoms in total. The molecule has 0 bridgehead atoms. The van der Waals surface area contributed by atoms with Crippen molar-refractivity contribution in [2.24, 2.45) is 0 Å². The van der Waals surface area contributed by atoms with Gasteiger partial charge in [-0.3, -0.25) is 19.8 Å². The SMILES string of the molecule is COc1ccc([N+](=O)[O-])cc1NC(=O)C(C)N1CCNCC1. The van der Waals surface area contributed by atoms with Gasteiger partial charge < -0.3 is 15.4 Å². The van der Waals surface area contributed by atoms with Crippen LogP contribution in [0.2, 0.25) is 0 Å². The van der Waals surface area contributed by atoms with E-state index < -0.39 is 4.92 Å². The molecule has 1 atom stereocenters. The summed E-state index contributed by atoms with van der Waals surface area (Å²) in [7, 11) is 1.45. The van der Waals surface area contributed by atoms with Crippen LogP contribution in [-0.4, -0.2) is 55.1 Å². The minimum absolute atomic E-state index is 0.0917. The zero-order valence-corrected chi connectivity index (χ0v) is 12.7. The Labute approximate surface area is 128 Å². The Balaban J connectivity index is 2.12. The van der Waals surface area contributed by atoms with E-state index in [4.69, 9.17) is 4.74 Å². The average Bonchev–Trinajstić information content (AvgIpc) is 2.54. The van der Waals surface area contributed by atoms with E-state index in [1.807, 2.05) is 6.92 Å². The van der Waals surface area contributed by atoms with E-state index in [1.165, 1.54) is 25.3 Å². The van der Waals surface area contributed by atoms with Crippen molar-refractivity contribution >= 4 is 17.3 Å². The number of piperazine rings is 1. The number of hydrogen-bond acceptors (Lipinski definition) is 6. The first-order valence-electron chi connectivity index (χ1n) is 7.11. The normalized spacial score (nSPS) is 16.8. The number of hydrogen-bond donors (Lipinski definition) is 2. The van der Waals surface area contributed by atoms with Gasteiger partial charge >= 0.3 is 0 Å². The number of carbonyl (C=O) groups is 1. The van der Waals surface area contributed by atoms with Crippen LogP contribution >= 0.6 is 0 Å². The molecule has 1 aliphatic rings. The van der Waals surface area contributed by atoms with Crippen LogP contribution in [0.4, 0.5) is 11.4 Å². The number of benzene rings is 1. The molecule has 0 aliphatic carbocycles. The molecule has 1 amide bonds. The fourth-order valence-corrected chi connectivity index (χ4v) is 2.38. The van der Waals surface area contributed by atoms with Crippen LogP contribution < -0.4 is 15.4 Å². The molecule has 22 heavy (non-hydrogen) atoms. The lowest BCUT2D eigenvalue weighted by Crippen LogP contribution is -2.51. The Morgan fingerprint density at radius 1 is 1.45 bits per heavy atom. The molecule has 2 rings (SSSR count). The second-order valence-corrected chi connectivity index (χ2v) is 5.09. The predicted molar refractivity (Wildman–Crippen MR) is 82.2 cm³/mol. The van der Waals surface area contributed by atoms with E-state index >= 15 is 0 Å². The summed E-state index contributed by atoms with van der Waals surface area (Å²) >= 11 is 0. The summed E-state index contributed by atoms with van der Waals surface area (Å²) < 4.78 is 5.15. The van der Waals surface area contributed by atoms with Crippen molar-refractivity contribution in [3.8, 4) is 5.75 Å². The van der Waals surface area contributed by atoms with Crippen molar-refractivity contribution in [1.82, 2.24) is 10.2 Å². The largest absolute Gasteiger partial charge is 0.495 e. The standard InChI is InChI=1S/C14H20N4O4/c1-10(17-7-5-15-6-8-17)14(19)16-12-9-11(18(20)21)3-4-13(12)22-2/h3-4,9-10,15H,5-8H2,1-2H3,(H,16,19). The first kappa shape index (κ1) is 16.2. The van der Waals surface area contributed by atoms with E-state index in [1.54, 1.807) is 0 Å². The van der Waals surface area contributed by atoms with Crippen LogP contribution in [0.15, 0.2) is 18.2 Å². The van der Waals surface area contributed by atoms with Crippen molar-refractivity contribution < 1.29 is 14.5 Å². The lowest BCUT2D eigenvalue weighted by Gasteiger charge is -2.31. The first-order valence-corrected chi connectivity index (χ1v) is 7.11. The summed E-state index contributed by atoms with van der Waals surface area (Å²) in [4.78, 5) is 24.8. The molecule has 1 aromatic rings. The van der Waals surface area contributed by atoms with Gasteiger partial charge in [-0.2, -0.15) is 0 Å². The highest BCUT2D eigenvalue weighted by molar-refractivity contribution is 5.96. The number of nitro benzene ring substituents is 1. The average molecular weight is 308 g/mol. The number of methoxy groups -OCH3 is 1. The minimum Gasteiger partial charge on any atom is -0.495 e. The molecule has 1 heterocycles. The van der Waals surface area contributed by atoms with Gasteiger partial charge in [0.15, 0.2) is 0 Å². The Morgan fingerprint density at radius 2 is 2.14 bits per heavy atom.